The highest BCUT2D eigenvalue weighted by atomic mass is 35.5. The lowest BCUT2D eigenvalue weighted by molar-refractivity contribution is -0.140. The van der Waals surface area contributed by atoms with Gasteiger partial charge in [-0.25, -0.2) is 8.42 Å². The van der Waals surface area contributed by atoms with Gasteiger partial charge in [0.1, 0.15) is 24.1 Å². The highest BCUT2D eigenvalue weighted by molar-refractivity contribution is 7.92. The summed E-state index contributed by atoms with van der Waals surface area (Å²) in [6.07, 6.45) is 5.12. The number of rotatable bonds is 14. The lowest BCUT2D eigenvalue weighted by atomic mass is 9.94. The van der Waals surface area contributed by atoms with Crippen molar-refractivity contribution in [2.75, 3.05) is 25.1 Å². The molecule has 0 heterocycles. The number of carbonyl (C=O) groups excluding carboxylic acids is 2. The fourth-order valence-electron chi connectivity index (χ4n) is 6.15. The Kier molecular flexibility index (Phi) is 12.2. The highest BCUT2D eigenvalue weighted by Crippen LogP contribution is 2.36. The van der Waals surface area contributed by atoms with Crippen molar-refractivity contribution < 1.29 is 27.5 Å². The van der Waals surface area contributed by atoms with Gasteiger partial charge in [0.05, 0.1) is 24.8 Å². The van der Waals surface area contributed by atoms with E-state index in [-0.39, 0.29) is 41.2 Å². The fourth-order valence-corrected chi connectivity index (χ4v) is 7.81. The summed E-state index contributed by atoms with van der Waals surface area (Å²) in [7, 11) is -1.42. The normalized spacial score (nSPS) is 14.0. The minimum Gasteiger partial charge on any atom is -0.497 e. The van der Waals surface area contributed by atoms with E-state index in [0.29, 0.717) is 16.3 Å². The molecule has 1 unspecified atom stereocenters. The van der Waals surface area contributed by atoms with Crippen LogP contribution in [0.15, 0.2) is 108 Å². The molecule has 1 aliphatic carbocycles. The molecule has 4 aromatic rings. The standard InChI is InChI=1S/C38H42ClN3O6S/c1-47-32-21-22-36(48-2)34(25-32)42(49(45,46)33-19-10-5-11-20-33)27-37(43)41(26-29-15-12-16-30(39)23-29)35(24-28-13-6-3-7-14-28)38(44)40-31-17-8-4-9-18-31/h3,5-7,10-16,19-23,25,31,35H,4,8-9,17-18,24,26-27H2,1-2H3,(H,40,44). The number of ether oxygens (including phenoxy) is 2. The topological polar surface area (TPSA) is 105 Å². The van der Waals surface area contributed by atoms with Crippen molar-refractivity contribution in [3.8, 4) is 11.5 Å². The van der Waals surface area contributed by atoms with E-state index in [1.807, 2.05) is 36.4 Å². The van der Waals surface area contributed by atoms with Crippen LogP contribution in [0.4, 0.5) is 5.69 Å². The number of nitrogens with zero attached hydrogens (tertiary/aromatic N) is 2. The van der Waals surface area contributed by atoms with E-state index in [0.717, 1.165) is 42.0 Å². The van der Waals surface area contributed by atoms with Crippen molar-refractivity contribution in [3.63, 3.8) is 0 Å². The lowest BCUT2D eigenvalue weighted by Gasteiger charge is -2.35. The molecule has 0 saturated heterocycles. The van der Waals surface area contributed by atoms with Crippen LogP contribution in [0.3, 0.4) is 0 Å². The molecule has 5 rings (SSSR count). The number of hydrogen-bond acceptors (Lipinski definition) is 6. The summed E-state index contributed by atoms with van der Waals surface area (Å²) in [5, 5.41) is 3.70. The van der Waals surface area contributed by atoms with Crippen LogP contribution in [-0.2, 0) is 32.6 Å². The van der Waals surface area contributed by atoms with Gasteiger partial charge in [-0.1, -0.05) is 91.5 Å². The van der Waals surface area contributed by atoms with E-state index in [4.69, 9.17) is 21.1 Å². The van der Waals surface area contributed by atoms with Crippen LogP contribution in [0.1, 0.15) is 43.2 Å². The van der Waals surface area contributed by atoms with E-state index in [1.54, 1.807) is 48.5 Å². The molecule has 1 saturated carbocycles. The molecule has 1 aliphatic rings. The first-order chi connectivity index (χ1) is 23.7. The number of nitrogens with one attached hydrogen (secondary N) is 1. The van der Waals surface area contributed by atoms with E-state index in [2.05, 4.69) is 5.32 Å². The average Bonchev–Trinajstić information content (AvgIpc) is 3.12. The number of benzene rings is 4. The first-order valence-corrected chi connectivity index (χ1v) is 18.2. The van der Waals surface area contributed by atoms with Crippen LogP contribution >= 0.6 is 11.6 Å². The van der Waals surface area contributed by atoms with Crippen molar-refractivity contribution >= 4 is 39.1 Å². The number of halogens is 1. The fraction of sp³-hybridized carbons (Fsp3) is 0.316. The SMILES string of the molecule is COc1ccc(OC)c(N(CC(=O)N(Cc2cccc(Cl)c2)C(Cc2ccccc2)C(=O)NC2CCCCC2)S(=O)(=O)c2ccccc2)c1. The Morgan fingerprint density at radius 2 is 1.51 bits per heavy atom. The second-order valence-corrected chi connectivity index (χ2v) is 14.4. The monoisotopic (exact) mass is 703 g/mol. The Hall–Kier alpha value is -4.54. The molecular weight excluding hydrogens is 662 g/mol. The first kappa shape index (κ1) is 35.8. The Labute approximate surface area is 293 Å². The quantitative estimate of drug-likeness (QED) is 0.158. The first-order valence-electron chi connectivity index (χ1n) is 16.4. The zero-order valence-electron chi connectivity index (χ0n) is 27.8. The van der Waals surface area contributed by atoms with E-state index in [1.165, 1.54) is 37.3 Å². The summed E-state index contributed by atoms with van der Waals surface area (Å²) >= 11 is 6.37. The predicted octanol–water partition coefficient (Wildman–Crippen LogP) is 6.64. The van der Waals surface area contributed by atoms with Gasteiger partial charge in [-0.2, -0.15) is 0 Å². The lowest BCUT2D eigenvalue weighted by Crippen LogP contribution is -2.55. The van der Waals surface area contributed by atoms with Gasteiger partial charge in [0.15, 0.2) is 0 Å². The molecule has 258 valence electrons. The van der Waals surface area contributed by atoms with Gasteiger partial charge in [0.2, 0.25) is 11.8 Å². The number of amides is 2. The van der Waals surface area contributed by atoms with E-state index < -0.39 is 28.5 Å². The number of sulfonamides is 1. The van der Waals surface area contributed by atoms with Crippen molar-refractivity contribution in [3.05, 3.63) is 119 Å². The Morgan fingerprint density at radius 3 is 2.16 bits per heavy atom. The number of methoxy groups -OCH3 is 2. The van der Waals surface area contributed by atoms with Gasteiger partial charge in [-0.3, -0.25) is 13.9 Å². The van der Waals surface area contributed by atoms with Crippen LogP contribution < -0.4 is 19.1 Å². The third-order valence-corrected chi connectivity index (χ3v) is 10.7. The maximum Gasteiger partial charge on any atom is 0.264 e. The van der Waals surface area contributed by atoms with Crippen molar-refractivity contribution in [1.29, 1.82) is 0 Å². The Morgan fingerprint density at radius 1 is 0.837 bits per heavy atom. The molecule has 11 heteroatoms. The predicted molar refractivity (Wildman–Crippen MR) is 191 cm³/mol. The zero-order chi connectivity index (χ0) is 34.8. The number of anilines is 1. The molecule has 4 aromatic carbocycles. The minimum atomic E-state index is -4.32. The molecular formula is C38H42ClN3O6S. The molecule has 1 fully saturated rings. The van der Waals surface area contributed by atoms with Crippen LogP contribution in [0.25, 0.3) is 0 Å². The third kappa shape index (κ3) is 9.13. The van der Waals surface area contributed by atoms with Crippen LogP contribution in [0.2, 0.25) is 5.02 Å². The number of hydrogen-bond donors (Lipinski definition) is 1. The Bertz CT molecular complexity index is 1820. The van der Waals surface area contributed by atoms with Crippen LogP contribution in [0.5, 0.6) is 11.5 Å². The Balaban J connectivity index is 1.61. The molecule has 9 nitrogen and oxygen atoms in total. The maximum atomic E-state index is 14.8. The van der Waals surface area contributed by atoms with Crippen molar-refractivity contribution in [2.24, 2.45) is 0 Å². The molecule has 0 aliphatic heterocycles. The molecule has 0 radical (unpaired) electrons. The summed E-state index contributed by atoms with van der Waals surface area (Å²) < 4.78 is 40.8. The average molecular weight is 704 g/mol. The van der Waals surface area contributed by atoms with Crippen LogP contribution in [0, 0.1) is 0 Å². The number of carbonyl (C=O) groups is 2. The highest BCUT2D eigenvalue weighted by Gasteiger charge is 2.36. The summed E-state index contributed by atoms with van der Waals surface area (Å²) in [6, 6.07) is 28.3. The molecule has 0 spiro atoms. The summed E-state index contributed by atoms with van der Waals surface area (Å²) in [6.45, 7) is -0.604. The van der Waals surface area contributed by atoms with Gasteiger partial charge < -0.3 is 19.7 Å². The van der Waals surface area contributed by atoms with Crippen molar-refractivity contribution in [1.82, 2.24) is 10.2 Å². The molecule has 0 bridgehead atoms. The van der Waals surface area contributed by atoms with Gasteiger partial charge in [0, 0.05) is 30.1 Å². The van der Waals surface area contributed by atoms with Crippen LogP contribution in [-0.4, -0.2) is 58.0 Å². The molecule has 2 amide bonds. The summed E-state index contributed by atoms with van der Waals surface area (Å²) in [4.78, 5) is 30.5. The largest absolute Gasteiger partial charge is 0.497 e. The van der Waals surface area contributed by atoms with Gasteiger partial charge >= 0.3 is 0 Å². The second kappa shape index (κ2) is 16.7. The smallest absolute Gasteiger partial charge is 0.264 e. The van der Waals surface area contributed by atoms with Gasteiger partial charge in [-0.15, -0.1) is 0 Å². The summed E-state index contributed by atoms with van der Waals surface area (Å²) in [5.41, 5.74) is 1.67. The molecule has 1 atom stereocenters. The van der Waals surface area contributed by atoms with Gasteiger partial charge in [-0.05, 0) is 60.4 Å². The second-order valence-electron chi connectivity index (χ2n) is 12.1. The van der Waals surface area contributed by atoms with Crippen molar-refractivity contribution in [2.45, 2.75) is 62.0 Å². The third-order valence-electron chi connectivity index (χ3n) is 8.73. The van der Waals surface area contributed by atoms with E-state index >= 15 is 0 Å². The molecule has 1 N–H and O–H groups in total. The molecule has 0 aromatic heterocycles. The van der Waals surface area contributed by atoms with E-state index in [9.17, 15) is 18.0 Å². The van der Waals surface area contributed by atoms with Gasteiger partial charge in [0.25, 0.3) is 10.0 Å². The minimum absolute atomic E-state index is 0.00125. The summed E-state index contributed by atoms with van der Waals surface area (Å²) in [5.74, 6) is -0.266. The maximum absolute atomic E-state index is 14.8. The zero-order valence-corrected chi connectivity index (χ0v) is 29.3. The molecule has 49 heavy (non-hydrogen) atoms.